The van der Waals surface area contributed by atoms with Gasteiger partial charge in [0.05, 0.1) is 11.9 Å². The van der Waals surface area contributed by atoms with Gasteiger partial charge in [-0.05, 0) is 42.7 Å². The SMILES string of the molecule is C[C@H](Oc1ccc(N(C)S(C)(=O)=O)cc1)C(=O)NC[C@@H](C)c1ccccc1. The zero-order valence-electron chi connectivity index (χ0n) is 16.0. The molecule has 2 aromatic rings. The van der Waals surface area contributed by atoms with Gasteiger partial charge in [-0.1, -0.05) is 37.3 Å². The second kappa shape index (κ2) is 8.90. The lowest BCUT2D eigenvalue weighted by Gasteiger charge is -2.19. The van der Waals surface area contributed by atoms with Crippen LogP contribution in [0.3, 0.4) is 0 Å². The molecular weight excluding hydrogens is 364 g/mol. The van der Waals surface area contributed by atoms with Crippen LogP contribution in [0.25, 0.3) is 0 Å². The van der Waals surface area contributed by atoms with Crippen LogP contribution >= 0.6 is 0 Å². The fourth-order valence-electron chi connectivity index (χ4n) is 2.48. The first-order valence-corrected chi connectivity index (χ1v) is 10.6. The Morgan fingerprint density at radius 3 is 2.22 bits per heavy atom. The topological polar surface area (TPSA) is 75.7 Å². The van der Waals surface area contributed by atoms with Gasteiger partial charge in [-0.15, -0.1) is 0 Å². The Morgan fingerprint density at radius 2 is 1.67 bits per heavy atom. The second-order valence-corrected chi connectivity index (χ2v) is 8.56. The number of carbonyl (C=O) groups excluding carboxylic acids is 1. The Labute approximate surface area is 161 Å². The Kier molecular flexibility index (Phi) is 6.85. The average molecular weight is 391 g/mol. The van der Waals surface area contributed by atoms with Crippen LogP contribution in [0, 0.1) is 0 Å². The number of ether oxygens (including phenoxy) is 1. The molecule has 1 N–H and O–H groups in total. The predicted molar refractivity (Wildman–Crippen MR) is 108 cm³/mol. The van der Waals surface area contributed by atoms with E-state index in [0.29, 0.717) is 18.0 Å². The molecule has 6 nitrogen and oxygen atoms in total. The van der Waals surface area contributed by atoms with Crippen LogP contribution < -0.4 is 14.4 Å². The number of anilines is 1. The summed E-state index contributed by atoms with van der Waals surface area (Å²) in [6, 6.07) is 16.5. The van der Waals surface area contributed by atoms with Crippen LogP contribution in [0.4, 0.5) is 5.69 Å². The number of nitrogens with zero attached hydrogens (tertiary/aromatic N) is 1. The van der Waals surface area contributed by atoms with Gasteiger partial charge in [0.15, 0.2) is 6.10 Å². The molecule has 7 heteroatoms. The van der Waals surface area contributed by atoms with E-state index in [0.717, 1.165) is 11.8 Å². The summed E-state index contributed by atoms with van der Waals surface area (Å²) in [4.78, 5) is 12.3. The quantitative estimate of drug-likeness (QED) is 0.752. The van der Waals surface area contributed by atoms with Crippen molar-refractivity contribution in [1.29, 1.82) is 0 Å². The summed E-state index contributed by atoms with van der Waals surface area (Å²) in [7, 11) is -1.83. The maximum atomic E-state index is 12.3. The van der Waals surface area contributed by atoms with Crippen LogP contribution in [-0.4, -0.2) is 40.3 Å². The first kappa shape index (κ1) is 20.8. The molecule has 0 bridgehead atoms. The summed E-state index contributed by atoms with van der Waals surface area (Å²) in [6.45, 7) is 4.26. The Morgan fingerprint density at radius 1 is 1.07 bits per heavy atom. The summed E-state index contributed by atoms with van der Waals surface area (Å²) < 4.78 is 29.9. The molecule has 2 rings (SSSR count). The molecule has 0 heterocycles. The van der Waals surface area contributed by atoms with Crippen molar-refractivity contribution in [3.8, 4) is 5.75 Å². The molecule has 0 saturated carbocycles. The lowest BCUT2D eigenvalue weighted by molar-refractivity contribution is -0.127. The highest BCUT2D eigenvalue weighted by molar-refractivity contribution is 7.92. The highest BCUT2D eigenvalue weighted by Gasteiger charge is 2.17. The van der Waals surface area contributed by atoms with Crippen molar-refractivity contribution >= 4 is 21.6 Å². The number of hydrogen-bond donors (Lipinski definition) is 1. The molecule has 2 aromatic carbocycles. The molecule has 0 aliphatic carbocycles. The summed E-state index contributed by atoms with van der Waals surface area (Å²) in [5.41, 5.74) is 1.69. The van der Waals surface area contributed by atoms with E-state index < -0.39 is 16.1 Å². The maximum absolute atomic E-state index is 12.3. The predicted octanol–water partition coefficient (Wildman–Crippen LogP) is 2.77. The summed E-state index contributed by atoms with van der Waals surface area (Å²) in [5.74, 6) is 0.502. The molecule has 0 aliphatic rings. The van der Waals surface area contributed by atoms with E-state index in [1.807, 2.05) is 30.3 Å². The summed E-state index contributed by atoms with van der Waals surface area (Å²) in [5, 5.41) is 2.90. The fourth-order valence-corrected chi connectivity index (χ4v) is 2.99. The van der Waals surface area contributed by atoms with Crippen molar-refractivity contribution in [1.82, 2.24) is 5.32 Å². The number of amides is 1. The van der Waals surface area contributed by atoms with E-state index in [1.165, 1.54) is 11.4 Å². The number of benzene rings is 2. The minimum absolute atomic E-state index is 0.199. The highest BCUT2D eigenvalue weighted by atomic mass is 32.2. The second-order valence-electron chi connectivity index (χ2n) is 6.54. The molecule has 0 unspecified atom stereocenters. The van der Waals surface area contributed by atoms with Gasteiger partial charge in [0.25, 0.3) is 5.91 Å². The third-order valence-corrected chi connectivity index (χ3v) is 5.54. The Bertz CT molecular complexity index is 851. The van der Waals surface area contributed by atoms with Crippen LogP contribution in [-0.2, 0) is 14.8 Å². The summed E-state index contributed by atoms with van der Waals surface area (Å²) >= 11 is 0. The molecule has 146 valence electrons. The van der Waals surface area contributed by atoms with Crippen molar-refractivity contribution in [3.63, 3.8) is 0 Å². The molecule has 0 radical (unpaired) electrons. The fraction of sp³-hybridized carbons (Fsp3) is 0.350. The van der Waals surface area contributed by atoms with Gasteiger partial charge in [-0.3, -0.25) is 9.10 Å². The molecule has 0 spiro atoms. The molecule has 1 amide bonds. The van der Waals surface area contributed by atoms with E-state index in [-0.39, 0.29) is 11.8 Å². The van der Waals surface area contributed by atoms with Gasteiger partial charge in [0.1, 0.15) is 5.75 Å². The van der Waals surface area contributed by atoms with Crippen molar-refractivity contribution in [3.05, 3.63) is 60.2 Å². The zero-order chi connectivity index (χ0) is 20.0. The van der Waals surface area contributed by atoms with Gasteiger partial charge in [0.2, 0.25) is 10.0 Å². The summed E-state index contributed by atoms with van der Waals surface area (Å²) in [6.07, 6.45) is 0.478. The third kappa shape index (κ3) is 5.99. The standard InChI is InChI=1S/C20H26N2O4S/c1-15(17-8-6-5-7-9-17)14-21-20(23)16(2)26-19-12-10-18(11-13-19)22(3)27(4,24)25/h5-13,15-16H,14H2,1-4H3,(H,21,23)/t15-,16+/m1/s1. The monoisotopic (exact) mass is 390 g/mol. The molecule has 0 aliphatic heterocycles. The van der Waals surface area contributed by atoms with E-state index in [1.54, 1.807) is 31.2 Å². The van der Waals surface area contributed by atoms with Crippen molar-refractivity contribution < 1.29 is 17.9 Å². The minimum atomic E-state index is -3.32. The van der Waals surface area contributed by atoms with Crippen LogP contribution in [0.15, 0.2) is 54.6 Å². The molecule has 0 saturated heterocycles. The van der Waals surface area contributed by atoms with Gasteiger partial charge in [0, 0.05) is 13.6 Å². The smallest absolute Gasteiger partial charge is 0.260 e. The molecular formula is C20H26N2O4S. The van der Waals surface area contributed by atoms with Crippen LogP contribution in [0.2, 0.25) is 0 Å². The third-order valence-electron chi connectivity index (χ3n) is 4.33. The largest absolute Gasteiger partial charge is 0.481 e. The van der Waals surface area contributed by atoms with Gasteiger partial charge >= 0.3 is 0 Å². The van der Waals surface area contributed by atoms with E-state index in [9.17, 15) is 13.2 Å². The first-order chi connectivity index (χ1) is 12.7. The van der Waals surface area contributed by atoms with Crippen LogP contribution in [0.5, 0.6) is 5.75 Å². The number of rotatable bonds is 8. The molecule has 0 aromatic heterocycles. The Balaban J connectivity index is 1.88. The van der Waals surface area contributed by atoms with Gasteiger partial charge in [-0.25, -0.2) is 8.42 Å². The van der Waals surface area contributed by atoms with Crippen molar-refractivity contribution in [2.24, 2.45) is 0 Å². The first-order valence-electron chi connectivity index (χ1n) is 8.71. The van der Waals surface area contributed by atoms with Crippen molar-refractivity contribution in [2.45, 2.75) is 25.9 Å². The number of nitrogens with one attached hydrogen (secondary N) is 1. The molecule has 0 fully saturated rings. The number of hydrogen-bond acceptors (Lipinski definition) is 4. The van der Waals surface area contributed by atoms with E-state index >= 15 is 0 Å². The Hall–Kier alpha value is -2.54. The minimum Gasteiger partial charge on any atom is -0.481 e. The lowest BCUT2D eigenvalue weighted by atomic mass is 10.0. The van der Waals surface area contributed by atoms with Crippen molar-refractivity contribution in [2.75, 3.05) is 24.2 Å². The highest BCUT2D eigenvalue weighted by Crippen LogP contribution is 2.21. The number of carbonyl (C=O) groups is 1. The zero-order valence-corrected chi connectivity index (χ0v) is 16.9. The van der Waals surface area contributed by atoms with Gasteiger partial charge in [-0.2, -0.15) is 0 Å². The number of sulfonamides is 1. The lowest BCUT2D eigenvalue weighted by Crippen LogP contribution is -2.38. The van der Waals surface area contributed by atoms with Gasteiger partial charge < -0.3 is 10.1 Å². The normalized spacial score (nSPS) is 13.5. The molecule has 27 heavy (non-hydrogen) atoms. The average Bonchev–Trinajstić information content (AvgIpc) is 2.65. The molecule has 2 atom stereocenters. The maximum Gasteiger partial charge on any atom is 0.260 e. The van der Waals surface area contributed by atoms with Crippen LogP contribution in [0.1, 0.15) is 25.3 Å². The van der Waals surface area contributed by atoms with E-state index in [4.69, 9.17) is 4.74 Å². The van der Waals surface area contributed by atoms with E-state index in [2.05, 4.69) is 12.2 Å².